The number of urea groups is 1. The molecule has 170 valence electrons. The van der Waals surface area contributed by atoms with Crippen LogP contribution in [0.5, 0.6) is 0 Å². The van der Waals surface area contributed by atoms with Crippen LogP contribution in [-0.2, 0) is 29.8 Å². The van der Waals surface area contributed by atoms with Crippen LogP contribution in [0, 0.1) is 0 Å². The minimum absolute atomic E-state index is 0.283. The fourth-order valence-electron chi connectivity index (χ4n) is 1.88. The standard InChI is InChI=1S/C11H15N9O9S2/c21-6-5(7(22)15-11(23)14-6)19-20-10-17-8(12-1-3-30(24,25)26)16-9(18-10)13-2-4-31(27,28)29/h5H,1-4H2,(H,24,25,26)(H,27,28,29)(H2,12,13,16,17,18)(H2,14,15,21,22,23)/b20-19+. The Morgan fingerprint density at radius 2 is 1.29 bits per heavy atom. The largest absolute Gasteiger partial charge is 0.353 e. The van der Waals surface area contributed by atoms with Gasteiger partial charge in [-0.15, -0.1) is 5.11 Å². The summed E-state index contributed by atoms with van der Waals surface area (Å²) in [6.07, 6.45) is 0. The molecule has 1 aromatic heterocycles. The molecule has 0 unspecified atom stereocenters. The number of carbonyl (C=O) groups is 3. The quantitative estimate of drug-likeness (QED) is 0.113. The van der Waals surface area contributed by atoms with Crippen LogP contribution in [0.2, 0.25) is 0 Å². The van der Waals surface area contributed by atoms with Gasteiger partial charge in [0, 0.05) is 13.1 Å². The molecule has 1 aliphatic heterocycles. The number of nitrogens with one attached hydrogen (secondary N) is 4. The Morgan fingerprint density at radius 3 is 1.71 bits per heavy atom. The molecule has 1 aliphatic rings. The number of hydrogen-bond acceptors (Lipinski definition) is 14. The van der Waals surface area contributed by atoms with Gasteiger partial charge in [-0.25, -0.2) is 4.79 Å². The van der Waals surface area contributed by atoms with Gasteiger partial charge in [-0.3, -0.25) is 29.3 Å². The van der Waals surface area contributed by atoms with Crippen LogP contribution in [-0.4, -0.2) is 89.4 Å². The topological polar surface area (TPSA) is 271 Å². The van der Waals surface area contributed by atoms with Gasteiger partial charge in [0.15, 0.2) is 0 Å². The van der Waals surface area contributed by atoms with Gasteiger partial charge in [0.25, 0.3) is 38.0 Å². The van der Waals surface area contributed by atoms with Gasteiger partial charge < -0.3 is 10.6 Å². The van der Waals surface area contributed by atoms with Gasteiger partial charge in [-0.1, -0.05) is 0 Å². The zero-order valence-corrected chi connectivity index (χ0v) is 16.8. The lowest BCUT2D eigenvalue weighted by atomic mass is 10.2. The average Bonchev–Trinajstić information content (AvgIpc) is 2.58. The smallest absolute Gasteiger partial charge is 0.328 e. The summed E-state index contributed by atoms with van der Waals surface area (Å²) in [5, 5.41) is 15.4. The van der Waals surface area contributed by atoms with Gasteiger partial charge in [-0.05, 0) is 0 Å². The second kappa shape index (κ2) is 9.63. The van der Waals surface area contributed by atoms with Crippen LogP contribution in [0.25, 0.3) is 0 Å². The molecule has 2 heterocycles. The Morgan fingerprint density at radius 1 is 0.839 bits per heavy atom. The molecule has 0 saturated carbocycles. The Bertz CT molecular complexity index is 1040. The third kappa shape index (κ3) is 8.49. The van der Waals surface area contributed by atoms with Crippen molar-refractivity contribution in [3.63, 3.8) is 0 Å². The van der Waals surface area contributed by atoms with Crippen molar-refractivity contribution in [2.24, 2.45) is 10.2 Å². The fourth-order valence-corrected chi connectivity index (χ4v) is 2.60. The van der Waals surface area contributed by atoms with Crippen molar-refractivity contribution in [1.29, 1.82) is 0 Å². The number of aromatic nitrogens is 3. The van der Waals surface area contributed by atoms with Crippen LogP contribution in [0.1, 0.15) is 0 Å². The Kier molecular flexibility index (Phi) is 7.43. The molecule has 0 aliphatic carbocycles. The van der Waals surface area contributed by atoms with Crippen LogP contribution in [0.4, 0.5) is 22.6 Å². The first kappa shape index (κ1) is 23.9. The van der Waals surface area contributed by atoms with Crippen LogP contribution >= 0.6 is 0 Å². The second-order valence-corrected chi connectivity index (χ2v) is 8.78. The minimum atomic E-state index is -4.29. The molecule has 1 aromatic rings. The molecule has 20 heteroatoms. The predicted molar refractivity (Wildman–Crippen MR) is 99.6 cm³/mol. The third-order valence-corrected chi connectivity index (χ3v) is 4.58. The maximum Gasteiger partial charge on any atom is 0.328 e. The van der Waals surface area contributed by atoms with E-state index in [-0.39, 0.29) is 25.0 Å². The highest BCUT2D eigenvalue weighted by Crippen LogP contribution is 2.13. The zero-order valence-electron chi connectivity index (χ0n) is 15.2. The van der Waals surface area contributed by atoms with Crippen molar-refractivity contribution in [2.75, 3.05) is 35.2 Å². The lowest BCUT2D eigenvalue weighted by Gasteiger charge is -2.15. The molecule has 4 amide bonds. The second-order valence-electron chi connectivity index (χ2n) is 5.63. The predicted octanol–water partition coefficient (Wildman–Crippen LogP) is -2.71. The lowest BCUT2D eigenvalue weighted by molar-refractivity contribution is -0.131. The highest BCUT2D eigenvalue weighted by atomic mass is 32.2. The van der Waals surface area contributed by atoms with Crippen molar-refractivity contribution < 1.29 is 40.3 Å². The van der Waals surface area contributed by atoms with E-state index in [1.54, 1.807) is 10.6 Å². The molecule has 1 saturated heterocycles. The summed E-state index contributed by atoms with van der Waals surface area (Å²) < 4.78 is 60.7. The van der Waals surface area contributed by atoms with Crippen molar-refractivity contribution in [3.05, 3.63) is 0 Å². The number of imide groups is 2. The number of rotatable bonds is 10. The first-order valence-corrected chi connectivity index (χ1v) is 11.2. The third-order valence-electron chi connectivity index (χ3n) is 3.14. The average molecular weight is 481 g/mol. The minimum Gasteiger partial charge on any atom is -0.353 e. The Labute approximate surface area is 173 Å². The number of carbonyl (C=O) groups excluding carboxylic acids is 3. The van der Waals surface area contributed by atoms with E-state index in [0.717, 1.165) is 0 Å². The summed E-state index contributed by atoms with van der Waals surface area (Å²) in [7, 11) is -8.58. The lowest BCUT2D eigenvalue weighted by Crippen LogP contribution is -2.57. The van der Waals surface area contributed by atoms with Crippen LogP contribution in [0.3, 0.4) is 0 Å². The van der Waals surface area contributed by atoms with E-state index in [2.05, 4.69) is 35.8 Å². The molecular weight excluding hydrogens is 466 g/mol. The van der Waals surface area contributed by atoms with Crippen LogP contribution < -0.4 is 21.3 Å². The molecule has 0 atom stereocenters. The van der Waals surface area contributed by atoms with E-state index in [4.69, 9.17) is 9.11 Å². The van der Waals surface area contributed by atoms with E-state index in [0.29, 0.717) is 0 Å². The highest BCUT2D eigenvalue weighted by Gasteiger charge is 2.34. The maximum absolute atomic E-state index is 11.7. The van der Waals surface area contributed by atoms with E-state index in [1.807, 2.05) is 0 Å². The van der Waals surface area contributed by atoms with E-state index >= 15 is 0 Å². The van der Waals surface area contributed by atoms with Gasteiger partial charge in [0.05, 0.1) is 11.5 Å². The summed E-state index contributed by atoms with van der Waals surface area (Å²) in [5.74, 6) is -4.55. The van der Waals surface area contributed by atoms with Gasteiger partial charge in [0.2, 0.25) is 17.9 Å². The number of amides is 4. The van der Waals surface area contributed by atoms with Gasteiger partial charge >= 0.3 is 6.03 Å². The molecule has 6 N–H and O–H groups in total. The summed E-state index contributed by atoms with van der Waals surface area (Å²) >= 11 is 0. The number of hydrogen-bond donors (Lipinski definition) is 6. The van der Waals surface area contributed by atoms with E-state index in [1.165, 1.54) is 0 Å². The number of azo groups is 1. The first-order valence-electron chi connectivity index (χ1n) is 8.03. The number of anilines is 2. The number of barbiturate groups is 1. The van der Waals surface area contributed by atoms with Crippen molar-refractivity contribution in [1.82, 2.24) is 25.6 Å². The highest BCUT2D eigenvalue weighted by molar-refractivity contribution is 7.86. The molecule has 2 rings (SSSR count). The molecule has 0 aromatic carbocycles. The van der Waals surface area contributed by atoms with E-state index < -0.39 is 61.6 Å². The molecule has 1 fully saturated rings. The molecule has 18 nitrogen and oxygen atoms in total. The van der Waals surface area contributed by atoms with E-state index in [9.17, 15) is 31.2 Å². The van der Waals surface area contributed by atoms with Gasteiger partial charge in [-0.2, -0.15) is 36.9 Å². The molecule has 0 radical (unpaired) electrons. The Hall–Kier alpha value is -3.36. The SMILES string of the molecule is O=C1NC(=O)C(/N=N/c2nc(NCCS(=O)(=O)O)nc(NCCS(=O)(=O)O)n2)C(=O)N1. The molecule has 0 spiro atoms. The van der Waals surface area contributed by atoms with Crippen LogP contribution in [0.15, 0.2) is 10.2 Å². The zero-order chi connectivity index (χ0) is 23.2. The first-order chi connectivity index (χ1) is 14.3. The van der Waals surface area contributed by atoms with Crippen molar-refractivity contribution >= 4 is 55.9 Å². The Balaban J connectivity index is 2.21. The normalized spacial score (nSPS) is 15.6. The summed E-state index contributed by atoms with van der Waals surface area (Å²) in [5.41, 5.74) is 0. The monoisotopic (exact) mass is 481 g/mol. The summed E-state index contributed by atoms with van der Waals surface area (Å²) in [4.78, 5) is 45.6. The van der Waals surface area contributed by atoms with Crippen molar-refractivity contribution in [3.8, 4) is 0 Å². The summed E-state index contributed by atoms with van der Waals surface area (Å²) in [6, 6.07) is -2.75. The molecule has 31 heavy (non-hydrogen) atoms. The molecular formula is C11H15N9O9S2. The maximum atomic E-state index is 11.7. The molecule has 0 bridgehead atoms. The van der Waals surface area contributed by atoms with Gasteiger partial charge in [0.1, 0.15) is 0 Å². The summed E-state index contributed by atoms with van der Waals surface area (Å²) in [6.45, 7) is -0.668. The fraction of sp³-hybridized carbons (Fsp3) is 0.455. The number of nitrogens with zero attached hydrogens (tertiary/aromatic N) is 5. The van der Waals surface area contributed by atoms with Crippen molar-refractivity contribution in [2.45, 2.75) is 6.04 Å².